The molecule has 0 saturated carbocycles. The highest BCUT2D eigenvalue weighted by Crippen LogP contribution is 2.07. The van der Waals surface area contributed by atoms with Gasteiger partial charge in [0.1, 0.15) is 23.8 Å². The van der Waals surface area contributed by atoms with E-state index in [-0.39, 0.29) is 24.4 Å². The number of aryl methyl sites for hydroxylation is 1. The molecule has 0 N–H and O–H groups in total. The quantitative estimate of drug-likeness (QED) is 0.800. The van der Waals surface area contributed by atoms with Crippen LogP contribution in [0.1, 0.15) is 24.7 Å². The zero-order chi connectivity index (χ0) is 13.7. The van der Waals surface area contributed by atoms with Crippen molar-refractivity contribution in [3.63, 3.8) is 0 Å². The van der Waals surface area contributed by atoms with Gasteiger partial charge >= 0.3 is 0 Å². The fraction of sp³-hybridized carbons (Fsp3) is 0.357. The number of ketones is 1. The number of aromatic nitrogens is 3. The first-order chi connectivity index (χ1) is 9.19. The third kappa shape index (κ3) is 3.71. The molecule has 0 bridgehead atoms. The largest absolute Gasteiger partial charge is 0.299 e. The molecule has 0 unspecified atom stereocenters. The van der Waals surface area contributed by atoms with E-state index < -0.39 is 0 Å². The summed E-state index contributed by atoms with van der Waals surface area (Å²) in [5, 5.41) is 4.07. The van der Waals surface area contributed by atoms with E-state index in [9.17, 15) is 9.18 Å². The van der Waals surface area contributed by atoms with Gasteiger partial charge in [0.05, 0.1) is 6.42 Å². The SMILES string of the molecule is CCCn1ncnc1CC(=O)Cc1cccc(F)c1. The first kappa shape index (κ1) is 13.4. The van der Waals surface area contributed by atoms with Crippen LogP contribution in [0.2, 0.25) is 0 Å². The van der Waals surface area contributed by atoms with Gasteiger partial charge in [-0.2, -0.15) is 5.10 Å². The number of hydrogen-bond donors (Lipinski definition) is 0. The Balaban J connectivity index is 1.99. The average molecular weight is 261 g/mol. The van der Waals surface area contributed by atoms with Crippen molar-refractivity contribution >= 4 is 5.78 Å². The maximum Gasteiger partial charge on any atom is 0.144 e. The number of halogens is 1. The van der Waals surface area contributed by atoms with E-state index in [4.69, 9.17) is 0 Å². The molecule has 0 atom stereocenters. The minimum absolute atomic E-state index is 0.0101. The Kier molecular flexibility index (Phi) is 4.39. The topological polar surface area (TPSA) is 47.8 Å². The number of hydrogen-bond acceptors (Lipinski definition) is 3. The maximum absolute atomic E-state index is 13.0. The van der Waals surface area contributed by atoms with Gasteiger partial charge in [-0.15, -0.1) is 0 Å². The predicted molar refractivity (Wildman–Crippen MR) is 69.1 cm³/mol. The summed E-state index contributed by atoms with van der Waals surface area (Å²) in [6.07, 6.45) is 2.85. The van der Waals surface area contributed by atoms with Gasteiger partial charge < -0.3 is 0 Å². The Morgan fingerprint density at radius 1 is 1.37 bits per heavy atom. The van der Waals surface area contributed by atoms with Gasteiger partial charge in [0.25, 0.3) is 0 Å². The number of rotatable bonds is 6. The molecular weight excluding hydrogens is 245 g/mol. The van der Waals surface area contributed by atoms with E-state index in [1.165, 1.54) is 18.5 Å². The Bertz CT molecular complexity index is 565. The molecule has 0 spiro atoms. The summed E-state index contributed by atoms with van der Waals surface area (Å²) < 4.78 is 14.8. The van der Waals surface area contributed by atoms with Crippen molar-refractivity contribution < 1.29 is 9.18 Å². The average Bonchev–Trinajstić information content (AvgIpc) is 2.77. The number of nitrogens with zero attached hydrogens (tertiary/aromatic N) is 3. The van der Waals surface area contributed by atoms with Crippen LogP contribution in [0.25, 0.3) is 0 Å². The second-order valence-corrected chi connectivity index (χ2v) is 4.42. The van der Waals surface area contributed by atoms with Gasteiger partial charge in [0, 0.05) is 13.0 Å². The number of carbonyl (C=O) groups is 1. The van der Waals surface area contributed by atoms with E-state index in [0.717, 1.165) is 13.0 Å². The van der Waals surface area contributed by atoms with E-state index in [0.29, 0.717) is 11.4 Å². The molecule has 2 aromatic rings. The van der Waals surface area contributed by atoms with Crippen LogP contribution < -0.4 is 0 Å². The van der Waals surface area contributed by atoms with E-state index in [1.807, 2.05) is 6.92 Å². The molecule has 0 aliphatic carbocycles. The molecule has 0 radical (unpaired) electrons. The minimum Gasteiger partial charge on any atom is -0.299 e. The Morgan fingerprint density at radius 2 is 2.21 bits per heavy atom. The van der Waals surface area contributed by atoms with Gasteiger partial charge in [-0.25, -0.2) is 14.1 Å². The minimum atomic E-state index is -0.320. The van der Waals surface area contributed by atoms with Gasteiger partial charge in [0.15, 0.2) is 0 Å². The molecule has 100 valence electrons. The van der Waals surface area contributed by atoms with E-state index in [2.05, 4.69) is 10.1 Å². The van der Waals surface area contributed by atoms with Gasteiger partial charge in [-0.1, -0.05) is 19.1 Å². The zero-order valence-electron chi connectivity index (χ0n) is 10.8. The second kappa shape index (κ2) is 6.22. The van der Waals surface area contributed by atoms with Gasteiger partial charge in [0.2, 0.25) is 0 Å². The molecule has 2 rings (SSSR count). The molecule has 1 aromatic heterocycles. The molecule has 4 nitrogen and oxygen atoms in total. The predicted octanol–water partition coefficient (Wildman–Crippen LogP) is 2.18. The summed E-state index contributed by atoms with van der Waals surface area (Å²) in [5.41, 5.74) is 0.687. The first-order valence-corrected chi connectivity index (χ1v) is 6.32. The number of carbonyl (C=O) groups excluding carboxylic acids is 1. The van der Waals surface area contributed by atoms with Crippen LogP contribution in [-0.4, -0.2) is 20.5 Å². The van der Waals surface area contributed by atoms with Crippen LogP contribution in [0.4, 0.5) is 4.39 Å². The molecule has 0 saturated heterocycles. The van der Waals surface area contributed by atoms with Crippen LogP contribution in [0.3, 0.4) is 0 Å². The van der Waals surface area contributed by atoms with Gasteiger partial charge in [-0.3, -0.25) is 4.79 Å². The molecule has 1 aromatic carbocycles. The Hall–Kier alpha value is -2.04. The van der Waals surface area contributed by atoms with Crippen molar-refractivity contribution in [3.05, 3.63) is 47.8 Å². The molecule has 19 heavy (non-hydrogen) atoms. The molecule has 0 fully saturated rings. The van der Waals surface area contributed by atoms with Crippen molar-refractivity contribution in [2.45, 2.75) is 32.7 Å². The van der Waals surface area contributed by atoms with Crippen molar-refractivity contribution in [2.24, 2.45) is 0 Å². The van der Waals surface area contributed by atoms with Crippen molar-refractivity contribution in [3.8, 4) is 0 Å². The molecule has 0 aliphatic rings. The molecule has 0 amide bonds. The summed E-state index contributed by atoms with van der Waals surface area (Å²) in [5.74, 6) is 0.360. The maximum atomic E-state index is 13.0. The zero-order valence-corrected chi connectivity index (χ0v) is 10.8. The van der Waals surface area contributed by atoms with Crippen molar-refractivity contribution in [2.75, 3.05) is 0 Å². The normalized spacial score (nSPS) is 10.6. The van der Waals surface area contributed by atoms with Crippen LogP contribution in [0.5, 0.6) is 0 Å². The lowest BCUT2D eigenvalue weighted by molar-refractivity contribution is -0.117. The smallest absolute Gasteiger partial charge is 0.144 e. The van der Waals surface area contributed by atoms with Crippen LogP contribution >= 0.6 is 0 Å². The summed E-state index contributed by atoms with van der Waals surface area (Å²) in [4.78, 5) is 16.0. The summed E-state index contributed by atoms with van der Waals surface area (Å²) in [7, 11) is 0. The number of Topliss-reactive ketones (excluding diaryl/α,β-unsaturated/α-hetero) is 1. The third-order valence-electron chi connectivity index (χ3n) is 2.78. The first-order valence-electron chi connectivity index (χ1n) is 6.32. The third-order valence-corrected chi connectivity index (χ3v) is 2.78. The fourth-order valence-corrected chi connectivity index (χ4v) is 1.94. The lowest BCUT2D eigenvalue weighted by atomic mass is 10.1. The molecule has 1 heterocycles. The number of benzene rings is 1. The fourth-order valence-electron chi connectivity index (χ4n) is 1.94. The summed E-state index contributed by atoms with van der Waals surface area (Å²) in [6.45, 7) is 2.79. The highest BCUT2D eigenvalue weighted by molar-refractivity contribution is 5.82. The molecular formula is C14H16FN3O. The highest BCUT2D eigenvalue weighted by atomic mass is 19.1. The monoisotopic (exact) mass is 261 g/mol. The van der Waals surface area contributed by atoms with Crippen LogP contribution in [0.15, 0.2) is 30.6 Å². The summed E-state index contributed by atoms with van der Waals surface area (Å²) >= 11 is 0. The van der Waals surface area contributed by atoms with E-state index >= 15 is 0 Å². The molecule has 0 aliphatic heterocycles. The van der Waals surface area contributed by atoms with Gasteiger partial charge in [-0.05, 0) is 24.1 Å². The van der Waals surface area contributed by atoms with Crippen LogP contribution in [-0.2, 0) is 24.2 Å². The lowest BCUT2D eigenvalue weighted by Gasteiger charge is -2.04. The van der Waals surface area contributed by atoms with E-state index in [1.54, 1.807) is 16.8 Å². The van der Waals surface area contributed by atoms with Crippen molar-refractivity contribution in [1.29, 1.82) is 0 Å². The summed E-state index contributed by atoms with van der Waals surface area (Å²) in [6, 6.07) is 6.11. The van der Waals surface area contributed by atoms with Crippen molar-refractivity contribution in [1.82, 2.24) is 14.8 Å². The Morgan fingerprint density at radius 3 is 2.95 bits per heavy atom. The van der Waals surface area contributed by atoms with Crippen LogP contribution in [0, 0.1) is 5.82 Å². The standard InChI is InChI=1S/C14H16FN3O/c1-2-6-18-14(16-10-17-18)9-13(19)8-11-4-3-5-12(15)7-11/h3-5,7,10H,2,6,8-9H2,1H3. The second-order valence-electron chi connectivity index (χ2n) is 4.42. The molecule has 5 heteroatoms. The highest BCUT2D eigenvalue weighted by Gasteiger charge is 2.10. The lowest BCUT2D eigenvalue weighted by Crippen LogP contribution is -2.13. The Labute approximate surface area is 111 Å².